The number of nitrogens with one attached hydrogen (secondary N) is 2. The van der Waals surface area contributed by atoms with E-state index in [0.717, 1.165) is 11.5 Å². The first-order chi connectivity index (χ1) is 8.74. The van der Waals surface area contributed by atoms with Crippen LogP contribution in [0.15, 0.2) is 42.7 Å². The van der Waals surface area contributed by atoms with E-state index in [-0.39, 0.29) is 5.91 Å². The van der Waals surface area contributed by atoms with Crippen LogP contribution in [0, 0.1) is 0 Å². The van der Waals surface area contributed by atoms with Crippen molar-refractivity contribution in [3.8, 4) is 0 Å². The number of amides is 1. The topological polar surface area (TPSA) is 66.9 Å². The van der Waals surface area contributed by atoms with Crippen molar-refractivity contribution in [1.29, 1.82) is 0 Å². The van der Waals surface area contributed by atoms with Crippen LogP contribution in [0.25, 0.3) is 0 Å². The maximum atomic E-state index is 10.8. The van der Waals surface area contributed by atoms with Crippen LogP contribution in [0.1, 0.15) is 12.6 Å². The quantitative estimate of drug-likeness (QED) is 0.861. The first-order valence-corrected chi connectivity index (χ1v) is 5.61. The molecule has 0 saturated heterocycles. The second kappa shape index (κ2) is 5.77. The molecule has 0 bridgehead atoms. The van der Waals surface area contributed by atoms with E-state index in [4.69, 9.17) is 0 Å². The Kier molecular flexibility index (Phi) is 3.86. The van der Waals surface area contributed by atoms with Crippen molar-refractivity contribution >= 4 is 17.4 Å². The van der Waals surface area contributed by atoms with Crippen LogP contribution in [0.5, 0.6) is 0 Å². The first kappa shape index (κ1) is 12.0. The Morgan fingerprint density at radius 2 is 2.11 bits per heavy atom. The first-order valence-electron chi connectivity index (χ1n) is 5.61. The van der Waals surface area contributed by atoms with Gasteiger partial charge >= 0.3 is 0 Å². The van der Waals surface area contributed by atoms with Gasteiger partial charge in [-0.25, -0.2) is 4.98 Å². The zero-order chi connectivity index (χ0) is 12.8. The van der Waals surface area contributed by atoms with Gasteiger partial charge in [0.25, 0.3) is 0 Å². The lowest BCUT2D eigenvalue weighted by molar-refractivity contribution is -0.114. The number of pyridine rings is 2. The van der Waals surface area contributed by atoms with E-state index in [1.165, 1.54) is 6.92 Å². The maximum absolute atomic E-state index is 10.8. The smallest absolute Gasteiger partial charge is 0.221 e. The average molecular weight is 242 g/mol. The fraction of sp³-hybridized carbons (Fsp3) is 0.154. The van der Waals surface area contributed by atoms with Gasteiger partial charge in [0.15, 0.2) is 0 Å². The predicted molar refractivity (Wildman–Crippen MR) is 70.1 cm³/mol. The van der Waals surface area contributed by atoms with E-state index < -0.39 is 0 Å². The highest BCUT2D eigenvalue weighted by molar-refractivity contribution is 5.88. The number of hydrogen-bond donors (Lipinski definition) is 2. The molecule has 2 aromatic heterocycles. The predicted octanol–water partition coefficient (Wildman–Crippen LogP) is 2.05. The molecule has 0 atom stereocenters. The van der Waals surface area contributed by atoms with Gasteiger partial charge in [-0.15, -0.1) is 0 Å². The molecule has 5 nitrogen and oxygen atoms in total. The molecule has 2 heterocycles. The van der Waals surface area contributed by atoms with Crippen molar-refractivity contribution in [2.24, 2.45) is 0 Å². The Bertz CT molecular complexity index is 510. The summed E-state index contributed by atoms with van der Waals surface area (Å²) in [5.74, 6) is 0.640. The zero-order valence-electron chi connectivity index (χ0n) is 10.1. The summed E-state index contributed by atoms with van der Waals surface area (Å²) in [5.41, 5.74) is 1.64. The molecule has 1 amide bonds. The maximum Gasteiger partial charge on any atom is 0.221 e. The highest BCUT2D eigenvalue weighted by atomic mass is 16.1. The van der Waals surface area contributed by atoms with Gasteiger partial charge in [0.2, 0.25) is 5.91 Å². The van der Waals surface area contributed by atoms with Crippen LogP contribution < -0.4 is 10.6 Å². The molecule has 0 unspecified atom stereocenters. The van der Waals surface area contributed by atoms with Crippen LogP contribution in [0.3, 0.4) is 0 Å². The van der Waals surface area contributed by atoms with E-state index >= 15 is 0 Å². The van der Waals surface area contributed by atoms with Crippen molar-refractivity contribution < 1.29 is 4.79 Å². The number of aromatic nitrogens is 2. The minimum absolute atomic E-state index is 0.106. The van der Waals surface area contributed by atoms with Crippen molar-refractivity contribution in [2.75, 3.05) is 10.6 Å². The molecule has 5 heteroatoms. The summed E-state index contributed by atoms with van der Waals surface area (Å²) in [5, 5.41) is 5.82. The summed E-state index contributed by atoms with van der Waals surface area (Å²) in [6.45, 7) is 2.08. The average Bonchev–Trinajstić information content (AvgIpc) is 2.38. The third-order valence-corrected chi connectivity index (χ3v) is 2.26. The van der Waals surface area contributed by atoms with Crippen LogP contribution in [0.4, 0.5) is 11.5 Å². The lowest BCUT2D eigenvalue weighted by Gasteiger charge is -2.06. The van der Waals surface area contributed by atoms with Gasteiger partial charge in [-0.2, -0.15) is 0 Å². The van der Waals surface area contributed by atoms with Gasteiger partial charge in [0, 0.05) is 13.1 Å². The molecule has 2 N–H and O–H groups in total. The lowest BCUT2D eigenvalue weighted by Crippen LogP contribution is -2.07. The van der Waals surface area contributed by atoms with Gasteiger partial charge in [-0.3, -0.25) is 9.78 Å². The van der Waals surface area contributed by atoms with Gasteiger partial charge < -0.3 is 10.6 Å². The Morgan fingerprint density at radius 3 is 2.72 bits per heavy atom. The fourth-order valence-electron chi connectivity index (χ4n) is 1.46. The Morgan fingerprint density at radius 1 is 1.22 bits per heavy atom. The third-order valence-electron chi connectivity index (χ3n) is 2.26. The van der Waals surface area contributed by atoms with Gasteiger partial charge in [-0.05, 0) is 24.3 Å². The number of hydrogen-bond acceptors (Lipinski definition) is 4. The molecule has 0 radical (unpaired) electrons. The molecule has 0 aliphatic heterocycles. The highest BCUT2D eigenvalue weighted by Gasteiger charge is 1.98. The molecule has 0 aliphatic carbocycles. The van der Waals surface area contributed by atoms with Gasteiger partial charge in [-0.1, -0.05) is 6.07 Å². The molecule has 2 rings (SSSR count). The Labute approximate surface area is 105 Å². The highest BCUT2D eigenvalue weighted by Crippen LogP contribution is 2.10. The molecule has 0 spiro atoms. The standard InChI is InChI=1S/C13H14N4O/c1-10(18)17-12-5-6-13(16-9-12)15-8-11-4-2-3-7-14-11/h2-7,9H,8H2,1H3,(H,15,16)(H,17,18). The molecular weight excluding hydrogens is 228 g/mol. The second-order valence-electron chi connectivity index (χ2n) is 3.79. The fourth-order valence-corrected chi connectivity index (χ4v) is 1.46. The minimum atomic E-state index is -0.106. The van der Waals surface area contributed by atoms with Gasteiger partial charge in [0.05, 0.1) is 24.1 Å². The molecule has 0 aromatic carbocycles. The second-order valence-corrected chi connectivity index (χ2v) is 3.79. The molecule has 92 valence electrons. The van der Waals surface area contributed by atoms with Crippen molar-refractivity contribution in [3.63, 3.8) is 0 Å². The van der Waals surface area contributed by atoms with Crippen LogP contribution in [-0.4, -0.2) is 15.9 Å². The lowest BCUT2D eigenvalue weighted by atomic mass is 10.3. The van der Waals surface area contributed by atoms with Crippen LogP contribution in [0.2, 0.25) is 0 Å². The monoisotopic (exact) mass is 242 g/mol. The largest absolute Gasteiger partial charge is 0.364 e. The summed E-state index contributed by atoms with van der Waals surface area (Å²) >= 11 is 0. The zero-order valence-corrected chi connectivity index (χ0v) is 10.1. The van der Waals surface area contributed by atoms with Crippen LogP contribution >= 0.6 is 0 Å². The SMILES string of the molecule is CC(=O)Nc1ccc(NCc2ccccn2)nc1. The van der Waals surface area contributed by atoms with Crippen molar-refractivity contribution in [2.45, 2.75) is 13.5 Å². The number of nitrogens with zero attached hydrogens (tertiary/aromatic N) is 2. The van der Waals surface area contributed by atoms with Gasteiger partial charge in [0.1, 0.15) is 5.82 Å². The molecule has 0 aliphatic rings. The number of anilines is 2. The van der Waals surface area contributed by atoms with E-state index in [0.29, 0.717) is 12.2 Å². The third kappa shape index (κ3) is 3.55. The number of rotatable bonds is 4. The summed E-state index contributed by atoms with van der Waals surface area (Å²) in [6.07, 6.45) is 3.37. The molecule has 2 aromatic rings. The molecule has 0 fully saturated rings. The number of carbonyl (C=O) groups excluding carboxylic acids is 1. The van der Waals surface area contributed by atoms with E-state index in [9.17, 15) is 4.79 Å². The molecule has 18 heavy (non-hydrogen) atoms. The molecular formula is C13H14N4O. The van der Waals surface area contributed by atoms with Crippen molar-refractivity contribution in [3.05, 3.63) is 48.4 Å². The van der Waals surface area contributed by atoms with E-state index in [2.05, 4.69) is 20.6 Å². The molecule has 0 saturated carbocycles. The summed E-state index contributed by atoms with van der Waals surface area (Å²) in [6, 6.07) is 9.38. The summed E-state index contributed by atoms with van der Waals surface area (Å²) in [4.78, 5) is 19.2. The normalized spacial score (nSPS) is 9.83. The Balaban J connectivity index is 1.92. The van der Waals surface area contributed by atoms with E-state index in [1.807, 2.05) is 24.3 Å². The van der Waals surface area contributed by atoms with Crippen LogP contribution in [-0.2, 0) is 11.3 Å². The summed E-state index contributed by atoms with van der Waals surface area (Å²) in [7, 11) is 0. The van der Waals surface area contributed by atoms with Crippen molar-refractivity contribution in [1.82, 2.24) is 9.97 Å². The number of carbonyl (C=O) groups is 1. The minimum Gasteiger partial charge on any atom is -0.364 e. The van der Waals surface area contributed by atoms with E-state index in [1.54, 1.807) is 18.5 Å². The Hall–Kier alpha value is -2.43. The summed E-state index contributed by atoms with van der Waals surface area (Å²) < 4.78 is 0.